The predicted molar refractivity (Wildman–Crippen MR) is 103 cm³/mol. The molecular formula is C17H20ClN5OS. The highest BCUT2D eigenvalue weighted by molar-refractivity contribution is 7.22. The second-order valence-corrected chi connectivity index (χ2v) is 7.51. The van der Waals surface area contributed by atoms with Gasteiger partial charge in [-0.2, -0.15) is 5.10 Å². The number of hydrogen-bond acceptors (Lipinski definition) is 5. The maximum absolute atomic E-state index is 13.0. The van der Waals surface area contributed by atoms with Gasteiger partial charge >= 0.3 is 0 Å². The molecule has 0 unspecified atom stereocenters. The van der Waals surface area contributed by atoms with E-state index in [2.05, 4.69) is 15.0 Å². The van der Waals surface area contributed by atoms with E-state index in [4.69, 9.17) is 11.6 Å². The van der Waals surface area contributed by atoms with Gasteiger partial charge in [0.1, 0.15) is 5.69 Å². The molecule has 8 heteroatoms. The molecule has 0 atom stereocenters. The summed E-state index contributed by atoms with van der Waals surface area (Å²) < 4.78 is 2.56. The van der Waals surface area contributed by atoms with Crippen LogP contribution in [0.4, 0.5) is 5.13 Å². The summed E-state index contributed by atoms with van der Waals surface area (Å²) in [6, 6.07) is 7.30. The van der Waals surface area contributed by atoms with Gasteiger partial charge in [-0.15, -0.1) is 0 Å². The van der Waals surface area contributed by atoms with E-state index in [1.807, 2.05) is 32.3 Å². The molecule has 2 aromatic heterocycles. The zero-order valence-electron chi connectivity index (χ0n) is 14.4. The van der Waals surface area contributed by atoms with Gasteiger partial charge in [0, 0.05) is 24.8 Å². The number of carbonyl (C=O) groups is 1. The monoisotopic (exact) mass is 377 g/mol. The van der Waals surface area contributed by atoms with Gasteiger partial charge in [-0.25, -0.2) is 4.98 Å². The summed E-state index contributed by atoms with van der Waals surface area (Å²) in [6.45, 7) is 1.49. The molecule has 1 aromatic carbocycles. The van der Waals surface area contributed by atoms with Crippen molar-refractivity contribution in [2.45, 2.75) is 6.42 Å². The first-order valence-corrected chi connectivity index (χ1v) is 9.16. The van der Waals surface area contributed by atoms with E-state index >= 15 is 0 Å². The lowest BCUT2D eigenvalue weighted by Crippen LogP contribution is -2.34. The molecule has 0 aliphatic rings. The summed E-state index contributed by atoms with van der Waals surface area (Å²) in [5, 5.41) is 5.45. The number of fused-ring (bicyclic) bond motifs is 1. The van der Waals surface area contributed by atoms with Crippen LogP contribution < -0.4 is 4.90 Å². The Morgan fingerprint density at radius 3 is 2.76 bits per heavy atom. The van der Waals surface area contributed by atoms with Crippen LogP contribution in [-0.2, 0) is 7.05 Å². The third kappa shape index (κ3) is 4.00. The van der Waals surface area contributed by atoms with Gasteiger partial charge in [0.2, 0.25) is 0 Å². The van der Waals surface area contributed by atoms with Crippen LogP contribution in [0.5, 0.6) is 0 Å². The maximum atomic E-state index is 13.0. The number of amides is 1. The summed E-state index contributed by atoms with van der Waals surface area (Å²) >= 11 is 7.55. The Balaban J connectivity index is 1.94. The van der Waals surface area contributed by atoms with E-state index in [9.17, 15) is 4.79 Å². The molecule has 0 aliphatic carbocycles. The van der Waals surface area contributed by atoms with Crippen LogP contribution >= 0.6 is 22.9 Å². The summed E-state index contributed by atoms with van der Waals surface area (Å²) in [5.74, 6) is -0.0936. The number of anilines is 1. The zero-order valence-corrected chi connectivity index (χ0v) is 16.0. The van der Waals surface area contributed by atoms with Gasteiger partial charge in [-0.1, -0.05) is 22.9 Å². The first-order chi connectivity index (χ1) is 12.0. The molecule has 0 saturated carbocycles. The normalized spacial score (nSPS) is 11.4. The van der Waals surface area contributed by atoms with Gasteiger partial charge in [-0.05, 0) is 51.3 Å². The average molecular weight is 378 g/mol. The first-order valence-electron chi connectivity index (χ1n) is 7.96. The summed E-state index contributed by atoms with van der Waals surface area (Å²) in [7, 11) is 5.81. The van der Waals surface area contributed by atoms with Crippen molar-refractivity contribution in [3.63, 3.8) is 0 Å². The lowest BCUT2D eigenvalue weighted by molar-refractivity contribution is 0.0977. The quantitative estimate of drug-likeness (QED) is 0.661. The van der Waals surface area contributed by atoms with Crippen molar-refractivity contribution < 1.29 is 4.79 Å². The molecule has 1 amide bonds. The van der Waals surface area contributed by atoms with Crippen molar-refractivity contribution in [2.75, 3.05) is 32.1 Å². The Hall–Kier alpha value is -1.96. The van der Waals surface area contributed by atoms with Crippen molar-refractivity contribution in [1.82, 2.24) is 19.7 Å². The molecule has 0 fully saturated rings. The number of thiazole rings is 1. The lowest BCUT2D eigenvalue weighted by Gasteiger charge is -2.20. The third-order valence-electron chi connectivity index (χ3n) is 3.84. The highest BCUT2D eigenvalue weighted by atomic mass is 35.5. The molecule has 0 saturated heterocycles. The fourth-order valence-corrected chi connectivity index (χ4v) is 3.82. The van der Waals surface area contributed by atoms with Gasteiger partial charge in [-0.3, -0.25) is 14.4 Å². The minimum atomic E-state index is -0.0936. The van der Waals surface area contributed by atoms with Crippen LogP contribution in [-0.4, -0.2) is 52.8 Å². The van der Waals surface area contributed by atoms with Gasteiger partial charge in [0.25, 0.3) is 5.91 Å². The fraction of sp³-hybridized carbons (Fsp3) is 0.353. The Bertz CT molecular complexity index is 888. The molecule has 3 rings (SSSR count). The third-order valence-corrected chi connectivity index (χ3v) is 5.12. The van der Waals surface area contributed by atoms with E-state index in [-0.39, 0.29) is 5.91 Å². The molecule has 25 heavy (non-hydrogen) atoms. The summed E-state index contributed by atoms with van der Waals surface area (Å²) in [4.78, 5) is 21.5. The van der Waals surface area contributed by atoms with Gasteiger partial charge < -0.3 is 4.90 Å². The second-order valence-electron chi connectivity index (χ2n) is 6.06. The molecular weight excluding hydrogens is 358 g/mol. The van der Waals surface area contributed by atoms with Crippen molar-refractivity contribution in [3.8, 4) is 0 Å². The molecule has 0 bridgehead atoms. The molecule has 3 aromatic rings. The number of aryl methyl sites for hydroxylation is 1. The molecule has 132 valence electrons. The van der Waals surface area contributed by atoms with E-state index < -0.39 is 0 Å². The lowest BCUT2D eigenvalue weighted by atomic mass is 10.3. The molecule has 0 aliphatic heterocycles. The zero-order chi connectivity index (χ0) is 18.0. The van der Waals surface area contributed by atoms with Crippen molar-refractivity contribution >= 4 is 44.2 Å². The molecule has 6 nitrogen and oxygen atoms in total. The fourth-order valence-electron chi connectivity index (χ4n) is 2.55. The maximum Gasteiger partial charge on any atom is 0.278 e. The Morgan fingerprint density at radius 1 is 1.28 bits per heavy atom. The number of halogens is 1. The second kappa shape index (κ2) is 7.51. The minimum Gasteiger partial charge on any atom is -0.309 e. The van der Waals surface area contributed by atoms with E-state index in [1.165, 1.54) is 11.3 Å². The number of hydrogen-bond donors (Lipinski definition) is 0. The largest absolute Gasteiger partial charge is 0.309 e. The standard InChI is InChI=1S/C17H20ClN5OS/c1-21(2)9-4-10-23(16(24)14-7-8-19-22(14)3)17-20-13-6-5-12(18)11-15(13)25-17/h5-8,11H,4,9-10H2,1-3H3. The molecule has 0 spiro atoms. The van der Waals surface area contributed by atoms with Gasteiger partial charge in [0.15, 0.2) is 5.13 Å². The number of aromatic nitrogens is 3. The Morgan fingerprint density at radius 2 is 2.08 bits per heavy atom. The van der Waals surface area contributed by atoms with Crippen LogP contribution in [0, 0.1) is 0 Å². The van der Waals surface area contributed by atoms with E-state index in [0.717, 1.165) is 23.2 Å². The Kier molecular flexibility index (Phi) is 5.36. The smallest absolute Gasteiger partial charge is 0.278 e. The van der Waals surface area contributed by atoms with Gasteiger partial charge in [0.05, 0.1) is 10.2 Å². The number of benzene rings is 1. The minimum absolute atomic E-state index is 0.0936. The number of nitrogens with zero attached hydrogens (tertiary/aromatic N) is 5. The number of carbonyl (C=O) groups excluding carboxylic acids is 1. The van der Waals surface area contributed by atoms with Crippen LogP contribution in [0.1, 0.15) is 16.9 Å². The Labute approximate surface area is 155 Å². The summed E-state index contributed by atoms with van der Waals surface area (Å²) in [5.41, 5.74) is 1.39. The number of rotatable bonds is 6. The van der Waals surface area contributed by atoms with Crippen LogP contribution in [0.15, 0.2) is 30.5 Å². The van der Waals surface area contributed by atoms with Crippen LogP contribution in [0.25, 0.3) is 10.2 Å². The summed E-state index contributed by atoms with van der Waals surface area (Å²) in [6.07, 6.45) is 2.48. The molecule has 0 radical (unpaired) electrons. The SMILES string of the molecule is CN(C)CCCN(C(=O)c1ccnn1C)c1nc2ccc(Cl)cc2s1. The van der Waals surface area contributed by atoms with E-state index in [1.54, 1.807) is 28.9 Å². The van der Waals surface area contributed by atoms with Crippen molar-refractivity contribution in [3.05, 3.63) is 41.2 Å². The average Bonchev–Trinajstić information content (AvgIpc) is 3.16. The first kappa shape index (κ1) is 17.8. The predicted octanol–water partition coefficient (Wildman–Crippen LogP) is 3.28. The molecule has 2 heterocycles. The van der Waals surface area contributed by atoms with Crippen molar-refractivity contribution in [1.29, 1.82) is 0 Å². The van der Waals surface area contributed by atoms with Crippen molar-refractivity contribution in [2.24, 2.45) is 7.05 Å². The van der Waals surface area contributed by atoms with Crippen LogP contribution in [0.2, 0.25) is 5.02 Å². The topological polar surface area (TPSA) is 54.3 Å². The van der Waals surface area contributed by atoms with Crippen LogP contribution in [0.3, 0.4) is 0 Å². The highest BCUT2D eigenvalue weighted by Crippen LogP contribution is 2.31. The molecule has 0 N–H and O–H groups in total. The van der Waals surface area contributed by atoms with E-state index in [0.29, 0.717) is 22.4 Å². The highest BCUT2D eigenvalue weighted by Gasteiger charge is 2.23.